The van der Waals surface area contributed by atoms with Crippen LogP contribution in [0.25, 0.3) is 0 Å². The lowest BCUT2D eigenvalue weighted by atomic mass is 10.2. The Morgan fingerprint density at radius 2 is 1.95 bits per heavy atom. The van der Waals surface area contributed by atoms with Crippen LogP contribution in [0.15, 0.2) is 24.3 Å². The van der Waals surface area contributed by atoms with Crippen LogP contribution in [0.5, 0.6) is 0 Å². The molecule has 2 aromatic rings. The van der Waals surface area contributed by atoms with E-state index < -0.39 is 5.82 Å². The maximum atomic E-state index is 13.6. The molecule has 0 spiro atoms. The van der Waals surface area contributed by atoms with Crippen molar-refractivity contribution in [1.29, 1.82) is 5.26 Å². The molecule has 0 unspecified atom stereocenters. The highest BCUT2D eigenvalue weighted by atomic mass is 19.1. The van der Waals surface area contributed by atoms with Crippen molar-refractivity contribution in [3.05, 3.63) is 41.5 Å². The lowest BCUT2D eigenvalue weighted by Crippen LogP contribution is -2.06. The van der Waals surface area contributed by atoms with Crippen molar-refractivity contribution in [3.63, 3.8) is 0 Å². The molecule has 1 aromatic carbocycles. The standard InChI is InChI=1S/C15H16FN5/c1-9(2)15-20-13(18-3)7-14(21-15)19-12-6-4-5-11(16)10(12)8-17/h4-7,9H,1-3H3,(H2,18,19,20,21). The Morgan fingerprint density at radius 3 is 2.57 bits per heavy atom. The number of hydrogen-bond acceptors (Lipinski definition) is 5. The topological polar surface area (TPSA) is 73.6 Å². The summed E-state index contributed by atoms with van der Waals surface area (Å²) < 4.78 is 13.6. The number of halogens is 1. The first-order chi connectivity index (χ1) is 10.0. The van der Waals surface area contributed by atoms with E-state index in [9.17, 15) is 4.39 Å². The van der Waals surface area contributed by atoms with Crippen LogP contribution in [0.2, 0.25) is 0 Å². The summed E-state index contributed by atoms with van der Waals surface area (Å²) in [4.78, 5) is 8.74. The number of hydrogen-bond donors (Lipinski definition) is 2. The Balaban J connectivity index is 2.42. The SMILES string of the molecule is CNc1cc(Nc2cccc(F)c2C#N)nc(C(C)C)n1. The fourth-order valence-electron chi connectivity index (χ4n) is 1.80. The molecule has 1 heterocycles. The largest absolute Gasteiger partial charge is 0.373 e. The zero-order chi connectivity index (χ0) is 15.4. The van der Waals surface area contributed by atoms with Gasteiger partial charge >= 0.3 is 0 Å². The van der Waals surface area contributed by atoms with E-state index in [1.54, 1.807) is 25.2 Å². The van der Waals surface area contributed by atoms with Crippen molar-refractivity contribution in [2.24, 2.45) is 0 Å². The average Bonchev–Trinajstić information content (AvgIpc) is 2.47. The summed E-state index contributed by atoms with van der Waals surface area (Å²) >= 11 is 0. The Bertz CT molecular complexity index is 691. The zero-order valence-corrected chi connectivity index (χ0v) is 12.1. The van der Waals surface area contributed by atoms with E-state index in [2.05, 4.69) is 20.6 Å². The third-order valence-electron chi connectivity index (χ3n) is 2.90. The molecule has 21 heavy (non-hydrogen) atoms. The number of benzene rings is 1. The molecule has 0 aliphatic heterocycles. The molecule has 0 saturated carbocycles. The maximum absolute atomic E-state index is 13.6. The van der Waals surface area contributed by atoms with Crippen LogP contribution in [0.4, 0.5) is 21.7 Å². The molecule has 108 valence electrons. The second-order valence-corrected chi connectivity index (χ2v) is 4.80. The molecule has 0 bridgehead atoms. The zero-order valence-electron chi connectivity index (χ0n) is 12.1. The van der Waals surface area contributed by atoms with Crippen molar-refractivity contribution in [1.82, 2.24) is 9.97 Å². The lowest BCUT2D eigenvalue weighted by Gasteiger charge is -2.12. The number of nitrogens with one attached hydrogen (secondary N) is 2. The number of nitriles is 1. The summed E-state index contributed by atoms with van der Waals surface area (Å²) in [6.07, 6.45) is 0. The van der Waals surface area contributed by atoms with E-state index in [1.807, 2.05) is 19.9 Å². The Kier molecular flexibility index (Phi) is 4.33. The van der Waals surface area contributed by atoms with Crippen molar-refractivity contribution >= 4 is 17.3 Å². The van der Waals surface area contributed by atoms with Crippen LogP contribution in [0.1, 0.15) is 31.2 Å². The van der Waals surface area contributed by atoms with Gasteiger partial charge in [-0.25, -0.2) is 14.4 Å². The van der Waals surface area contributed by atoms with Crippen LogP contribution in [-0.4, -0.2) is 17.0 Å². The predicted molar refractivity (Wildman–Crippen MR) is 80.1 cm³/mol. The summed E-state index contributed by atoms with van der Waals surface area (Å²) in [7, 11) is 1.76. The Morgan fingerprint density at radius 1 is 1.24 bits per heavy atom. The molecule has 5 nitrogen and oxygen atoms in total. The third-order valence-corrected chi connectivity index (χ3v) is 2.90. The minimum absolute atomic E-state index is 0.0341. The van der Waals surface area contributed by atoms with Gasteiger partial charge in [-0.1, -0.05) is 19.9 Å². The monoisotopic (exact) mass is 285 g/mol. The molecular weight excluding hydrogens is 269 g/mol. The molecule has 0 saturated heterocycles. The van der Waals surface area contributed by atoms with Gasteiger partial charge in [-0.15, -0.1) is 0 Å². The number of nitrogens with zero attached hydrogens (tertiary/aromatic N) is 3. The van der Waals surface area contributed by atoms with Crippen molar-refractivity contribution in [2.45, 2.75) is 19.8 Å². The van der Waals surface area contributed by atoms with Crippen molar-refractivity contribution < 1.29 is 4.39 Å². The molecule has 0 aliphatic rings. The minimum atomic E-state index is -0.561. The first-order valence-corrected chi connectivity index (χ1v) is 6.57. The summed E-state index contributed by atoms with van der Waals surface area (Å²) in [5.41, 5.74) is 0.348. The van der Waals surface area contributed by atoms with Crippen LogP contribution < -0.4 is 10.6 Å². The Labute approximate surface area is 122 Å². The van der Waals surface area contributed by atoms with E-state index >= 15 is 0 Å². The number of anilines is 3. The first kappa shape index (κ1) is 14.7. The molecular formula is C15H16FN5. The summed E-state index contributed by atoms with van der Waals surface area (Å²) in [5, 5.41) is 15.0. The highest BCUT2D eigenvalue weighted by Crippen LogP contribution is 2.24. The van der Waals surface area contributed by atoms with Gasteiger partial charge in [-0.05, 0) is 12.1 Å². The molecule has 2 rings (SSSR count). The fourth-order valence-corrected chi connectivity index (χ4v) is 1.80. The highest BCUT2D eigenvalue weighted by molar-refractivity contribution is 5.66. The van der Waals surface area contributed by atoms with Crippen molar-refractivity contribution in [3.8, 4) is 6.07 Å². The lowest BCUT2D eigenvalue weighted by molar-refractivity contribution is 0.624. The van der Waals surface area contributed by atoms with Gasteiger partial charge in [0.25, 0.3) is 0 Å². The number of rotatable bonds is 4. The van der Waals surface area contributed by atoms with Gasteiger partial charge in [0.15, 0.2) is 0 Å². The number of aromatic nitrogens is 2. The van der Waals surface area contributed by atoms with E-state index in [4.69, 9.17) is 5.26 Å². The molecule has 0 aliphatic carbocycles. The maximum Gasteiger partial charge on any atom is 0.143 e. The second kappa shape index (κ2) is 6.18. The van der Waals surface area contributed by atoms with Gasteiger partial charge in [0.1, 0.15) is 34.9 Å². The van der Waals surface area contributed by atoms with Gasteiger partial charge in [-0.2, -0.15) is 5.26 Å². The van der Waals surface area contributed by atoms with Crippen LogP contribution in [-0.2, 0) is 0 Å². The average molecular weight is 285 g/mol. The van der Waals surface area contributed by atoms with Crippen LogP contribution >= 0.6 is 0 Å². The van der Waals surface area contributed by atoms with Crippen LogP contribution in [0, 0.1) is 17.1 Å². The summed E-state index contributed by atoms with van der Waals surface area (Å²) in [6, 6.07) is 7.99. The van der Waals surface area contributed by atoms with E-state index in [1.165, 1.54) is 6.07 Å². The van der Waals surface area contributed by atoms with Gasteiger partial charge in [0.05, 0.1) is 5.69 Å². The van der Waals surface area contributed by atoms with Gasteiger partial charge in [0.2, 0.25) is 0 Å². The normalized spacial score (nSPS) is 10.3. The van der Waals surface area contributed by atoms with Gasteiger partial charge < -0.3 is 10.6 Å². The Hall–Kier alpha value is -2.68. The highest BCUT2D eigenvalue weighted by Gasteiger charge is 2.11. The second-order valence-electron chi connectivity index (χ2n) is 4.80. The van der Waals surface area contributed by atoms with Crippen LogP contribution in [0.3, 0.4) is 0 Å². The molecule has 6 heteroatoms. The van der Waals surface area contributed by atoms with Crippen molar-refractivity contribution in [2.75, 3.05) is 17.7 Å². The quantitative estimate of drug-likeness (QED) is 0.900. The first-order valence-electron chi connectivity index (χ1n) is 6.57. The molecule has 0 fully saturated rings. The summed E-state index contributed by atoms with van der Waals surface area (Å²) in [6.45, 7) is 3.98. The fraction of sp³-hybridized carbons (Fsp3) is 0.267. The van der Waals surface area contributed by atoms with Gasteiger partial charge in [0, 0.05) is 19.0 Å². The molecule has 0 radical (unpaired) electrons. The van der Waals surface area contributed by atoms with Gasteiger partial charge in [-0.3, -0.25) is 0 Å². The molecule has 0 amide bonds. The third kappa shape index (κ3) is 3.26. The van der Waals surface area contributed by atoms with E-state index in [0.717, 1.165) is 0 Å². The minimum Gasteiger partial charge on any atom is -0.373 e. The van der Waals surface area contributed by atoms with E-state index in [-0.39, 0.29) is 11.5 Å². The smallest absolute Gasteiger partial charge is 0.143 e. The summed E-state index contributed by atoms with van der Waals surface area (Å²) in [5.74, 6) is 1.43. The predicted octanol–water partition coefficient (Wildman–Crippen LogP) is 3.40. The molecule has 1 aromatic heterocycles. The molecule has 2 N–H and O–H groups in total. The molecule has 0 atom stereocenters. The van der Waals surface area contributed by atoms with E-state index in [0.29, 0.717) is 23.1 Å².